The van der Waals surface area contributed by atoms with Gasteiger partial charge in [-0.15, -0.1) is 0 Å². The highest BCUT2D eigenvalue weighted by molar-refractivity contribution is 7.17. The summed E-state index contributed by atoms with van der Waals surface area (Å²) in [5.41, 5.74) is 1.05. The van der Waals surface area contributed by atoms with Crippen molar-refractivity contribution in [2.75, 3.05) is 32.3 Å². The molecule has 1 unspecified atom stereocenters. The Morgan fingerprint density at radius 2 is 1.64 bits per heavy atom. The highest BCUT2D eigenvalue weighted by Gasteiger charge is 2.48. The molecule has 11 heteroatoms. The fourth-order valence-electron chi connectivity index (χ4n) is 5.00. The third kappa shape index (κ3) is 7.47. The summed E-state index contributed by atoms with van der Waals surface area (Å²) >= 11 is 0.936. The molecular weight excluding hydrogens is 596 g/mol. The van der Waals surface area contributed by atoms with Crippen LogP contribution in [-0.2, 0) is 14.3 Å². The molecule has 2 heterocycles. The summed E-state index contributed by atoms with van der Waals surface area (Å²) in [5.74, 6) is -1.17. The van der Waals surface area contributed by atoms with Gasteiger partial charge in [-0.2, -0.15) is 0 Å². The second kappa shape index (κ2) is 15.6. The van der Waals surface area contributed by atoms with Crippen LogP contribution in [-0.4, -0.2) is 55.2 Å². The van der Waals surface area contributed by atoms with Crippen LogP contribution in [0, 0.1) is 6.92 Å². The topological polar surface area (TPSA) is 124 Å². The van der Waals surface area contributed by atoms with Crippen LogP contribution in [0.2, 0.25) is 0 Å². The quantitative estimate of drug-likeness (QED) is 0.0617. The lowest BCUT2D eigenvalue weighted by molar-refractivity contribution is -0.132. The number of anilines is 1. The number of Topliss-reactive ketones (excluding diaryl/α,β-unsaturated/α-hetero) is 1. The number of benzene rings is 2. The van der Waals surface area contributed by atoms with Gasteiger partial charge in [-0.05, 0) is 61.7 Å². The monoisotopic (exact) mass is 636 g/mol. The summed E-state index contributed by atoms with van der Waals surface area (Å²) in [6, 6.07) is 10.8. The molecule has 4 rings (SSSR count). The summed E-state index contributed by atoms with van der Waals surface area (Å²) in [7, 11) is 2.77. The van der Waals surface area contributed by atoms with Gasteiger partial charge in [0.15, 0.2) is 16.6 Å². The summed E-state index contributed by atoms with van der Waals surface area (Å²) in [6.07, 6.45) is 6.10. The van der Waals surface area contributed by atoms with E-state index in [2.05, 4.69) is 18.8 Å². The van der Waals surface area contributed by atoms with Crippen molar-refractivity contribution >= 4 is 39.9 Å². The molecule has 1 fully saturated rings. The van der Waals surface area contributed by atoms with Gasteiger partial charge in [0.1, 0.15) is 16.4 Å². The third-order valence-corrected chi connectivity index (χ3v) is 8.60. The second-order valence-corrected chi connectivity index (χ2v) is 11.6. The van der Waals surface area contributed by atoms with E-state index in [1.165, 1.54) is 19.1 Å². The Bertz CT molecular complexity index is 1550. The van der Waals surface area contributed by atoms with Crippen molar-refractivity contribution in [1.82, 2.24) is 4.98 Å². The minimum Gasteiger partial charge on any atom is -0.507 e. The number of aliphatic hydroxyl groups excluding tert-OH is 1. The van der Waals surface area contributed by atoms with Crippen LogP contribution in [0.4, 0.5) is 5.13 Å². The van der Waals surface area contributed by atoms with E-state index in [4.69, 9.17) is 18.9 Å². The van der Waals surface area contributed by atoms with E-state index in [-0.39, 0.29) is 21.3 Å². The Morgan fingerprint density at radius 1 is 0.933 bits per heavy atom. The van der Waals surface area contributed by atoms with E-state index in [0.29, 0.717) is 47.3 Å². The largest absolute Gasteiger partial charge is 0.507 e. The summed E-state index contributed by atoms with van der Waals surface area (Å²) in [5, 5.41) is 11.7. The maximum absolute atomic E-state index is 13.7. The smallest absolute Gasteiger partial charge is 0.350 e. The number of ketones is 1. The summed E-state index contributed by atoms with van der Waals surface area (Å²) in [4.78, 5) is 45.6. The summed E-state index contributed by atoms with van der Waals surface area (Å²) in [6.45, 7) is 6.92. The molecule has 2 aromatic carbocycles. The molecule has 3 aromatic rings. The van der Waals surface area contributed by atoms with Gasteiger partial charge < -0.3 is 24.1 Å². The molecule has 0 aliphatic carbocycles. The van der Waals surface area contributed by atoms with Crippen molar-refractivity contribution in [2.24, 2.45) is 0 Å². The number of hydrogen-bond acceptors (Lipinski definition) is 10. The zero-order valence-corrected chi connectivity index (χ0v) is 27.2. The van der Waals surface area contributed by atoms with E-state index < -0.39 is 23.7 Å². The fraction of sp³-hybridized carbons (Fsp3) is 0.412. The second-order valence-electron chi connectivity index (χ2n) is 10.6. The van der Waals surface area contributed by atoms with E-state index in [1.807, 2.05) is 0 Å². The number of carbonyl (C=O) groups is 3. The van der Waals surface area contributed by atoms with E-state index in [1.54, 1.807) is 49.4 Å². The van der Waals surface area contributed by atoms with Crippen molar-refractivity contribution in [3.05, 3.63) is 69.7 Å². The lowest BCUT2D eigenvalue weighted by Crippen LogP contribution is -2.29. The number of rotatable bonds is 15. The van der Waals surface area contributed by atoms with E-state index >= 15 is 0 Å². The van der Waals surface area contributed by atoms with Crippen LogP contribution in [0.3, 0.4) is 0 Å². The van der Waals surface area contributed by atoms with Crippen LogP contribution >= 0.6 is 11.3 Å². The minimum atomic E-state index is -1.07. The van der Waals surface area contributed by atoms with E-state index in [0.717, 1.165) is 49.9 Å². The van der Waals surface area contributed by atoms with Crippen LogP contribution in [0.5, 0.6) is 17.2 Å². The van der Waals surface area contributed by atoms with Crippen LogP contribution in [0.25, 0.3) is 5.76 Å². The Balaban J connectivity index is 1.79. The predicted octanol–water partition coefficient (Wildman–Crippen LogP) is 7.01. The van der Waals surface area contributed by atoms with Gasteiger partial charge in [-0.1, -0.05) is 56.9 Å². The maximum Gasteiger partial charge on any atom is 0.350 e. The first kappa shape index (κ1) is 33.5. The molecule has 1 aliphatic heterocycles. The van der Waals surface area contributed by atoms with E-state index in [9.17, 15) is 19.5 Å². The zero-order valence-electron chi connectivity index (χ0n) is 26.4. The van der Waals surface area contributed by atoms with Gasteiger partial charge in [-0.3, -0.25) is 14.5 Å². The van der Waals surface area contributed by atoms with Gasteiger partial charge in [0, 0.05) is 5.56 Å². The van der Waals surface area contributed by atoms with Gasteiger partial charge in [0.2, 0.25) is 0 Å². The van der Waals surface area contributed by atoms with Gasteiger partial charge in [-0.25, -0.2) is 9.78 Å². The maximum atomic E-state index is 13.7. The number of ether oxygens (including phenoxy) is 4. The molecular formula is C34H40N2O8S. The normalized spacial score (nSPS) is 15.8. The number of esters is 1. The first-order valence-electron chi connectivity index (χ1n) is 15.2. The number of amides is 1. The zero-order chi connectivity index (χ0) is 32.5. The van der Waals surface area contributed by atoms with Crippen molar-refractivity contribution in [3.8, 4) is 17.2 Å². The Morgan fingerprint density at radius 3 is 2.31 bits per heavy atom. The number of aromatic nitrogens is 1. The van der Waals surface area contributed by atoms with Gasteiger partial charge in [0.05, 0.1) is 44.7 Å². The number of methoxy groups -OCH3 is 2. The molecule has 1 aliphatic rings. The van der Waals surface area contributed by atoms with Gasteiger partial charge in [0.25, 0.3) is 5.78 Å². The SMILES string of the molecule is CCCCCCOc1ccc(C2/C(=C(/O)c3ccc(OCCCC)cc3)C(=O)C(=O)N2c2nc(C)c(C(=O)OC)s2)cc1OC. The number of carbonyl (C=O) groups excluding carboxylic acids is 3. The molecule has 45 heavy (non-hydrogen) atoms. The Hall–Kier alpha value is -4.38. The molecule has 1 saturated heterocycles. The highest BCUT2D eigenvalue weighted by Crippen LogP contribution is 2.45. The van der Waals surface area contributed by atoms with Crippen molar-refractivity contribution < 1.29 is 38.4 Å². The molecule has 0 spiro atoms. The lowest BCUT2D eigenvalue weighted by Gasteiger charge is -2.24. The average Bonchev–Trinajstić information content (AvgIpc) is 3.56. The van der Waals surface area contributed by atoms with Crippen molar-refractivity contribution in [3.63, 3.8) is 0 Å². The van der Waals surface area contributed by atoms with Crippen LogP contribution in [0.15, 0.2) is 48.0 Å². The van der Waals surface area contributed by atoms with Crippen LogP contribution < -0.4 is 19.1 Å². The molecule has 0 radical (unpaired) electrons. The molecule has 240 valence electrons. The third-order valence-electron chi connectivity index (χ3n) is 7.46. The standard InChI is InChI=1S/C34H40N2O8S/c1-6-8-10-11-19-44-25-17-14-23(20-26(25)41-4)28-27(29(37)22-12-15-24(16-13-22)43-18-9-7-2)30(38)32(39)36(28)34-35-21(3)31(45-34)33(40)42-5/h12-17,20,28,37H,6-11,18-19H2,1-5H3/b29-27-. The number of nitrogens with zero attached hydrogens (tertiary/aromatic N) is 2. The van der Waals surface area contributed by atoms with Crippen LogP contribution in [0.1, 0.15) is 84.9 Å². The molecule has 1 atom stereocenters. The molecule has 10 nitrogen and oxygen atoms in total. The molecule has 0 saturated carbocycles. The minimum absolute atomic E-state index is 0.119. The van der Waals surface area contributed by atoms with Crippen molar-refractivity contribution in [1.29, 1.82) is 0 Å². The lowest BCUT2D eigenvalue weighted by atomic mass is 9.95. The first-order valence-corrected chi connectivity index (χ1v) is 16.0. The number of thiazole rings is 1. The molecule has 0 bridgehead atoms. The molecule has 1 aromatic heterocycles. The number of aliphatic hydroxyl groups is 1. The summed E-state index contributed by atoms with van der Waals surface area (Å²) < 4.78 is 22.2. The Labute approximate surface area is 267 Å². The predicted molar refractivity (Wildman–Crippen MR) is 172 cm³/mol. The number of unbranched alkanes of at least 4 members (excludes halogenated alkanes) is 4. The average molecular weight is 637 g/mol. The number of aryl methyl sites for hydroxylation is 1. The molecule has 1 amide bonds. The fourth-order valence-corrected chi connectivity index (χ4v) is 6.01. The molecule has 1 N–H and O–H groups in total. The highest BCUT2D eigenvalue weighted by atomic mass is 32.1. The van der Waals surface area contributed by atoms with Gasteiger partial charge >= 0.3 is 11.9 Å². The Kier molecular flexibility index (Phi) is 11.6. The number of hydrogen-bond donors (Lipinski definition) is 1. The van der Waals surface area contributed by atoms with Crippen molar-refractivity contribution in [2.45, 2.75) is 65.3 Å². The first-order chi connectivity index (χ1) is 21.7.